The van der Waals surface area contributed by atoms with Crippen molar-refractivity contribution in [3.8, 4) is 11.4 Å². The fourth-order valence-electron chi connectivity index (χ4n) is 2.49. The van der Waals surface area contributed by atoms with Gasteiger partial charge in [0.2, 0.25) is 5.95 Å². The Hall–Kier alpha value is -1.40. The first kappa shape index (κ1) is 13.6. The molecule has 3 rings (SSSR count). The average molecular weight is 336 g/mol. The number of nitrogens with zero attached hydrogens (tertiary/aromatic N) is 3. The average Bonchev–Trinajstić information content (AvgIpc) is 2.91. The van der Waals surface area contributed by atoms with Crippen LogP contribution in [0.3, 0.4) is 0 Å². The Morgan fingerprint density at radius 3 is 3.05 bits per heavy atom. The van der Waals surface area contributed by atoms with Crippen molar-refractivity contribution in [1.82, 2.24) is 20.5 Å². The lowest BCUT2D eigenvalue weighted by atomic mass is 10.1. The van der Waals surface area contributed by atoms with Crippen molar-refractivity contribution < 1.29 is 0 Å². The number of hydrogen-bond acceptors (Lipinski definition) is 4. The maximum absolute atomic E-state index is 4.65. The molecule has 106 valence electrons. The maximum Gasteiger partial charge on any atom is 0.245 e. The fourth-order valence-corrected chi connectivity index (χ4v) is 2.86. The van der Waals surface area contributed by atoms with Gasteiger partial charge in [-0.3, -0.25) is 5.10 Å². The highest BCUT2D eigenvalue weighted by Gasteiger charge is 2.20. The second-order valence-corrected chi connectivity index (χ2v) is 6.05. The van der Waals surface area contributed by atoms with Crippen LogP contribution in [0, 0.1) is 6.92 Å². The molecular weight excluding hydrogens is 318 g/mol. The molecule has 1 atom stereocenters. The number of piperazine rings is 1. The Balaban J connectivity index is 1.88. The van der Waals surface area contributed by atoms with Crippen LogP contribution >= 0.6 is 15.9 Å². The molecule has 1 fully saturated rings. The van der Waals surface area contributed by atoms with Gasteiger partial charge in [-0.05, 0) is 25.5 Å². The zero-order valence-corrected chi connectivity index (χ0v) is 13.2. The van der Waals surface area contributed by atoms with Gasteiger partial charge in [-0.2, -0.15) is 4.98 Å². The third kappa shape index (κ3) is 2.58. The van der Waals surface area contributed by atoms with E-state index in [0.717, 1.165) is 41.4 Å². The zero-order chi connectivity index (χ0) is 14.1. The van der Waals surface area contributed by atoms with Crippen LogP contribution in [0.2, 0.25) is 0 Å². The standard InChI is InChI=1S/C14H18BrN5/c1-9-8-20(7-6-16-9)14-17-13(18-19-14)11-4-3-5-12(15)10(11)2/h3-5,9,16H,6-8H2,1-2H3,(H,17,18,19). The number of anilines is 1. The smallest absolute Gasteiger partial charge is 0.245 e. The molecule has 0 saturated carbocycles. The number of halogens is 1. The molecule has 5 nitrogen and oxygen atoms in total. The quantitative estimate of drug-likeness (QED) is 0.884. The predicted molar refractivity (Wildman–Crippen MR) is 83.9 cm³/mol. The van der Waals surface area contributed by atoms with E-state index in [-0.39, 0.29) is 0 Å². The molecule has 1 aromatic carbocycles. The van der Waals surface area contributed by atoms with Gasteiger partial charge in [-0.25, -0.2) is 0 Å². The molecule has 1 aromatic heterocycles. The summed E-state index contributed by atoms with van der Waals surface area (Å²) in [5, 5.41) is 10.8. The summed E-state index contributed by atoms with van der Waals surface area (Å²) in [5.74, 6) is 1.61. The summed E-state index contributed by atoms with van der Waals surface area (Å²) >= 11 is 3.55. The van der Waals surface area contributed by atoms with E-state index in [1.807, 2.05) is 12.1 Å². The Morgan fingerprint density at radius 1 is 1.40 bits per heavy atom. The van der Waals surface area contributed by atoms with E-state index in [9.17, 15) is 0 Å². The molecule has 1 unspecified atom stereocenters. The van der Waals surface area contributed by atoms with Gasteiger partial charge in [-0.15, -0.1) is 5.10 Å². The Labute approximate surface area is 126 Å². The Kier molecular flexibility index (Phi) is 3.76. The van der Waals surface area contributed by atoms with E-state index in [1.54, 1.807) is 0 Å². The summed E-state index contributed by atoms with van der Waals surface area (Å²) in [4.78, 5) is 6.87. The summed E-state index contributed by atoms with van der Waals surface area (Å²) < 4.78 is 1.09. The molecule has 0 aliphatic carbocycles. The summed E-state index contributed by atoms with van der Waals surface area (Å²) in [6.45, 7) is 7.11. The van der Waals surface area contributed by atoms with Crippen molar-refractivity contribution in [2.45, 2.75) is 19.9 Å². The lowest BCUT2D eigenvalue weighted by Crippen LogP contribution is -2.49. The highest BCUT2D eigenvalue weighted by molar-refractivity contribution is 9.10. The van der Waals surface area contributed by atoms with E-state index in [1.165, 1.54) is 5.56 Å². The molecule has 0 radical (unpaired) electrons. The normalized spacial score (nSPS) is 19.4. The topological polar surface area (TPSA) is 56.8 Å². The van der Waals surface area contributed by atoms with Crippen molar-refractivity contribution in [3.63, 3.8) is 0 Å². The van der Waals surface area contributed by atoms with Crippen LogP contribution < -0.4 is 10.2 Å². The van der Waals surface area contributed by atoms with E-state index in [4.69, 9.17) is 0 Å². The first-order valence-corrected chi connectivity index (χ1v) is 7.60. The van der Waals surface area contributed by atoms with Gasteiger partial charge in [0.25, 0.3) is 0 Å². The van der Waals surface area contributed by atoms with Gasteiger partial charge in [-0.1, -0.05) is 28.1 Å². The van der Waals surface area contributed by atoms with Gasteiger partial charge >= 0.3 is 0 Å². The minimum absolute atomic E-state index is 0.471. The first-order valence-electron chi connectivity index (χ1n) is 6.81. The second kappa shape index (κ2) is 5.54. The summed E-state index contributed by atoms with van der Waals surface area (Å²) in [5.41, 5.74) is 2.25. The van der Waals surface area contributed by atoms with Crippen molar-refractivity contribution in [2.75, 3.05) is 24.5 Å². The highest BCUT2D eigenvalue weighted by Crippen LogP contribution is 2.27. The van der Waals surface area contributed by atoms with E-state index in [0.29, 0.717) is 6.04 Å². The Bertz CT molecular complexity index is 609. The number of benzene rings is 1. The van der Waals surface area contributed by atoms with Crippen LogP contribution in [0.15, 0.2) is 22.7 Å². The number of aromatic amines is 1. The molecule has 2 heterocycles. The third-order valence-electron chi connectivity index (χ3n) is 3.65. The van der Waals surface area contributed by atoms with Crippen LogP contribution in [0.5, 0.6) is 0 Å². The molecule has 1 saturated heterocycles. The molecule has 6 heteroatoms. The van der Waals surface area contributed by atoms with Crippen molar-refractivity contribution in [3.05, 3.63) is 28.2 Å². The molecule has 0 spiro atoms. The molecule has 2 N–H and O–H groups in total. The lowest BCUT2D eigenvalue weighted by molar-refractivity contribution is 0.480. The van der Waals surface area contributed by atoms with Gasteiger partial charge in [0.05, 0.1) is 0 Å². The van der Waals surface area contributed by atoms with Crippen molar-refractivity contribution in [1.29, 1.82) is 0 Å². The molecule has 0 bridgehead atoms. The lowest BCUT2D eigenvalue weighted by Gasteiger charge is -2.30. The first-order chi connectivity index (χ1) is 9.65. The minimum atomic E-state index is 0.471. The molecule has 1 aliphatic rings. The molecule has 1 aliphatic heterocycles. The van der Waals surface area contributed by atoms with Gasteiger partial charge in [0.1, 0.15) is 0 Å². The van der Waals surface area contributed by atoms with Crippen LogP contribution in [-0.2, 0) is 0 Å². The molecule has 2 aromatic rings. The van der Waals surface area contributed by atoms with E-state index < -0.39 is 0 Å². The van der Waals surface area contributed by atoms with Crippen molar-refractivity contribution >= 4 is 21.9 Å². The number of H-pyrrole nitrogens is 1. The number of aromatic nitrogens is 3. The monoisotopic (exact) mass is 335 g/mol. The maximum atomic E-state index is 4.65. The highest BCUT2D eigenvalue weighted by atomic mass is 79.9. The van der Waals surface area contributed by atoms with Gasteiger partial charge in [0.15, 0.2) is 5.82 Å². The van der Waals surface area contributed by atoms with Crippen LogP contribution in [0.25, 0.3) is 11.4 Å². The SMILES string of the molecule is Cc1c(Br)cccc1-c1nc(N2CCNC(C)C2)n[nH]1. The summed E-state index contributed by atoms with van der Waals surface area (Å²) in [7, 11) is 0. The molecule has 0 amide bonds. The van der Waals surface area contributed by atoms with E-state index >= 15 is 0 Å². The van der Waals surface area contributed by atoms with Crippen LogP contribution in [-0.4, -0.2) is 40.9 Å². The zero-order valence-electron chi connectivity index (χ0n) is 11.7. The van der Waals surface area contributed by atoms with E-state index in [2.05, 4.69) is 61.2 Å². The minimum Gasteiger partial charge on any atom is -0.337 e. The molecule has 20 heavy (non-hydrogen) atoms. The summed E-state index contributed by atoms with van der Waals surface area (Å²) in [6.07, 6.45) is 0. The number of rotatable bonds is 2. The number of nitrogens with one attached hydrogen (secondary N) is 2. The number of hydrogen-bond donors (Lipinski definition) is 2. The molecular formula is C14H18BrN5. The summed E-state index contributed by atoms with van der Waals surface area (Å²) in [6, 6.07) is 6.58. The van der Waals surface area contributed by atoms with Gasteiger partial charge in [0, 0.05) is 35.7 Å². The van der Waals surface area contributed by atoms with Crippen LogP contribution in [0.4, 0.5) is 5.95 Å². The third-order valence-corrected chi connectivity index (χ3v) is 4.51. The predicted octanol–water partition coefficient (Wildman–Crippen LogP) is 2.34. The van der Waals surface area contributed by atoms with Gasteiger partial charge < -0.3 is 10.2 Å². The largest absolute Gasteiger partial charge is 0.337 e. The fraction of sp³-hybridized carbons (Fsp3) is 0.429. The second-order valence-electron chi connectivity index (χ2n) is 5.20. The van der Waals surface area contributed by atoms with Crippen molar-refractivity contribution in [2.24, 2.45) is 0 Å². The Morgan fingerprint density at radius 2 is 2.25 bits per heavy atom. The van der Waals surface area contributed by atoms with Crippen LogP contribution in [0.1, 0.15) is 12.5 Å².